The van der Waals surface area contributed by atoms with Crippen molar-refractivity contribution in [2.24, 2.45) is 10.7 Å². The average molecular weight is 467 g/mol. The first-order valence-electron chi connectivity index (χ1n) is 10.6. The SMILES string of the molecule is C/C=C(\C=N)C=O.CCCC.CNc1cccc(C(=N)OC(N)=Nc2ccc(N)c(C=N)c2)n1. The van der Waals surface area contributed by atoms with Gasteiger partial charge >= 0.3 is 0 Å². The fourth-order valence-electron chi connectivity index (χ4n) is 1.95. The van der Waals surface area contributed by atoms with E-state index in [1.165, 1.54) is 12.8 Å². The number of unbranched alkanes of at least 4 members (excludes halogenated alkanes) is 1. The number of hydrogen-bond acceptors (Lipinski definition) is 9. The van der Waals surface area contributed by atoms with Crippen molar-refractivity contribution in [3.63, 3.8) is 0 Å². The van der Waals surface area contributed by atoms with E-state index in [0.29, 0.717) is 40.3 Å². The molecule has 1 heterocycles. The molecule has 0 saturated carbocycles. The first-order valence-corrected chi connectivity index (χ1v) is 10.6. The molecule has 0 saturated heterocycles. The predicted molar refractivity (Wildman–Crippen MR) is 141 cm³/mol. The molecule has 0 unspecified atom stereocenters. The van der Waals surface area contributed by atoms with E-state index in [-0.39, 0.29) is 11.9 Å². The van der Waals surface area contributed by atoms with Crippen molar-refractivity contribution in [1.29, 1.82) is 16.2 Å². The summed E-state index contributed by atoms with van der Waals surface area (Å²) in [6.45, 7) is 6.08. The lowest BCUT2D eigenvalue weighted by Gasteiger charge is -2.07. The summed E-state index contributed by atoms with van der Waals surface area (Å²) in [5.74, 6) is 0.395. The second-order valence-electron chi connectivity index (χ2n) is 6.55. The Morgan fingerprint density at radius 3 is 2.35 bits per heavy atom. The number of carbonyl (C=O) groups is 1. The number of aromatic nitrogens is 1. The van der Waals surface area contributed by atoms with Gasteiger partial charge in [0.2, 0.25) is 5.90 Å². The minimum atomic E-state index is -0.217. The van der Waals surface area contributed by atoms with Crippen LogP contribution in [0.1, 0.15) is 44.9 Å². The molecule has 182 valence electrons. The van der Waals surface area contributed by atoms with E-state index in [1.807, 2.05) is 0 Å². The zero-order valence-electron chi connectivity index (χ0n) is 20.1. The summed E-state index contributed by atoms with van der Waals surface area (Å²) in [4.78, 5) is 18.0. The monoisotopic (exact) mass is 466 g/mol. The molecular formula is C24H34N8O2. The van der Waals surface area contributed by atoms with Gasteiger partial charge in [0.25, 0.3) is 6.02 Å². The average Bonchev–Trinajstić information content (AvgIpc) is 2.86. The quantitative estimate of drug-likeness (QED) is 0.116. The molecule has 0 aliphatic heterocycles. The number of nitrogens with zero attached hydrogens (tertiary/aromatic N) is 2. The summed E-state index contributed by atoms with van der Waals surface area (Å²) in [6, 6.07) is 9.80. The summed E-state index contributed by atoms with van der Waals surface area (Å²) in [6.07, 6.45) is 7.01. The summed E-state index contributed by atoms with van der Waals surface area (Å²) >= 11 is 0. The van der Waals surface area contributed by atoms with Crippen LogP contribution in [-0.2, 0) is 9.53 Å². The van der Waals surface area contributed by atoms with Gasteiger partial charge in [-0.15, -0.1) is 0 Å². The van der Waals surface area contributed by atoms with Crippen LogP contribution in [-0.4, -0.2) is 42.7 Å². The minimum absolute atomic E-state index is 0.202. The Bertz CT molecular complexity index is 1000. The molecule has 0 aliphatic rings. The van der Waals surface area contributed by atoms with E-state index < -0.39 is 0 Å². The number of nitrogens with two attached hydrogens (primary N) is 2. The molecule has 0 radical (unpaired) electrons. The zero-order chi connectivity index (χ0) is 25.9. The Morgan fingerprint density at radius 1 is 1.21 bits per heavy atom. The molecule has 10 nitrogen and oxygen atoms in total. The van der Waals surface area contributed by atoms with Gasteiger partial charge in [-0.3, -0.25) is 10.2 Å². The highest BCUT2D eigenvalue weighted by Gasteiger charge is 2.08. The molecule has 1 aromatic carbocycles. The van der Waals surface area contributed by atoms with Crippen LogP contribution in [0.2, 0.25) is 0 Å². The Kier molecular flexibility index (Phi) is 15.0. The number of amidine groups is 1. The Hall–Kier alpha value is -4.34. The molecule has 0 atom stereocenters. The van der Waals surface area contributed by atoms with Gasteiger partial charge < -0.3 is 32.3 Å². The molecule has 0 aliphatic carbocycles. The molecule has 0 bridgehead atoms. The lowest BCUT2D eigenvalue weighted by Crippen LogP contribution is -2.21. The van der Waals surface area contributed by atoms with Crippen LogP contribution >= 0.6 is 0 Å². The lowest BCUT2D eigenvalue weighted by molar-refractivity contribution is -0.104. The molecule has 34 heavy (non-hydrogen) atoms. The second kappa shape index (κ2) is 17.2. The van der Waals surface area contributed by atoms with Crippen molar-refractivity contribution in [2.45, 2.75) is 33.6 Å². The molecule has 2 rings (SSSR count). The number of carbonyl (C=O) groups excluding carboxylic acids is 1. The molecule has 2 aromatic rings. The van der Waals surface area contributed by atoms with Crippen LogP contribution in [0, 0.1) is 16.2 Å². The van der Waals surface area contributed by atoms with Crippen molar-refractivity contribution < 1.29 is 9.53 Å². The highest BCUT2D eigenvalue weighted by Crippen LogP contribution is 2.18. The predicted octanol–water partition coefficient (Wildman–Crippen LogP) is 4.28. The third-order valence-corrected chi connectivity index (χ3v) is 4.05. The van der Waals surface area contributed by atoms with Gasteiger partial charge in [0, 0.05) is 36.3 Å². The Morgan fingerprint density at radius 2 is 1.88 bits per heavy atom. The maximum absolute atomic E-state index is 9.75. The molecule has 10 heteroatoms. The second-order valence-corrected chi connectivity index (χ2v) is 6.55. The topological polar surface area (TPSA) is 187 Å². The van der Waals surface area contributed by atoms with E-state index in [9.17, 15) is 4.79 Å². The van der Waals surface area contributed by atoms with Crippen molar-refractivity contribution in [1.82, 2.24) is 4.98 Å². The first-order chi connectivity index (χ1) is 16.3. The summed E-state index contributed by atoms with van der Waals surface area (Å²) in [7, 11) is 1.73. The van der Waals surface area contributed by atoms with Gasteiger partial charge in [0.1, 0.15) is 11.5 Å². The number of allylic oxidation sites excluding steroid dienone is 2. The van der Waals surface area contributed by atoms with E-state index in [4.69, 9.17) is 32.4 Å². The minimum Gasteiger partial charge on any atom is -0.405 e. The van der Waals surface area contributed by atoms with Gasteiger partial charge in [-0.1, -0.05) is 38.8 Å². The summed E-state index contributed by atoms with van der Waals surface area (Å²) in [5, 5.41) is 24.6. The molecule has 8 N–H and O–H groups in total. The number of nitrogen functional groups attached to an aromatic ring is 1. The zero-order valence-corrected chi connectivity index (χ0v) is 20.1. The van der Waals surface area contributed by atoms with Crippen LogP contribution in [0.5, 0.6) is 0 Å². The third-order valence-electron chi connectivity index (χ3n) is 4.05. The number of aliphatic imine (C=N–C) groups is 1. The van der Waals surface area contributed by atoms with E-state index in [2.05, 4.69) is 29.1 Å². The number of ether oxygens (including phenoxy) is 1. The van der Waals surface area contributed by atoms with Gasteiger partial charge in [-0.05, 0) is 37.3 Å². The molecule has 0 fully saturated rings. The van der Waals surface area contributed by atoms with Crippen molar-refractivity contribution >= 4 is 47.8 Å². The Labute approximate surface area is 200 Å². The van der Waals surface area contributed by atoms with Gasteiger partial charge in [0.05, 0.1) is 5.69 Å². The number of hydrogen-bond donors (Lipinski definition) is 6. The fourth-order valence-corrected chi connectivity index (χ4v) is 1.95. The Balaban J connectivity index is 0.000000826. The highest BCUT2D eigenvalue weighted by molar-refractivity contribution is 6.00. The van der Waals surface area contributed by atoms with Gasteiger partial charge in [-0.25, -0.2) is 4.98 Å². The van der Waals surface area contributed by atoms with Crippen molar-refractivity contribution in [2.75, 3.05) is 18.1 Å². The first kappa shape index (κ1) is 29.7. The number of benzene rings is 1. The molecule has 1 aromatic heterocycles. The number of rotatable bonds is 7. The van der Waals surface area contributed by atoms with Crippen LogP contribution in [0.3, 0.4) is 0 Å². The molecular weight excluding hydrogens is 432 g/mol. The van der Waals surface area contributed by atoms with E-state index in [1.54, 1.807) is 56.4 Å². The lowest BCUT2D eigenvalue weighted by atomic mass is 10.2. The van der Waals surface area contributed by atoms with Crippen LogP contribution in [0.25, 0.3) is 0 Å². The van der Waals surface area contributed by atoms with Crippen LogP contribution in [0.4, 0.5) is 17.2 Å². The summed E-state index contributed by atoms with van der Waals surface area (Å²) < 4.78 is 5.18. The van der Waals surface area contributed by atoms with Crippen LogP contribution < -0.4 is 16.8 Å². The maximum Gasteiger partial charge on any atom is 0.294 e. The van der Waals surface area contributed by atoms with E-state index >= 15 is 0 Å². The smallest absolute Gasteiger partial charge is 0.294 e. The highest BCUT2D eigenvalue weighted by atomic mass is 16.5. The fraction of sp³-hybridized carbons (Fsp3) is 0.250. The molecule has 0 amide bonds. The summed E-state index contributed by atoms with van der Waals surface area (Å²) in [5.41, 5.74) is 13.6. The number of aldehydes is 1. The van der Waals surface area contributed by atoms with Crippen molar-refractivity contribution in [3.05, 3.63) is 59.3 Å². The van der Waals surface area contributed by atoms with Gasteiger partial charge in [0.15, 0.2) is 6.29 Å². The molecule has 0 spiro atoms. The van der Waals surface area contributed by atoms with Crippen LogP contribution in [0.15, 0.2) is 53.0 Å². The number of anilines is 2. The number of pyridine rings is 1. The standard InChI is InChI=1S/C15H17N7O.C5H7NO.C4H10/c1-20-13-4-2-3-12(22-13)14(18)23-15(19)21-10-5-6-11(17)9(7-10)8-16;1-2-5(3-6)4-7;1-3-4-2/h2-8,16,18H,17H2,1H3,(H2,19,21)(H,20,22);2-4,6H,1H3;3-4H2,1-2H3/b;5-2+,6-3?;. The largest absolute Gasteiger partial charge is 0.405 e. The van der Waals surface area contributed by atoms with Gasteiger partial charge in [-0.2, -0.15) is 4.99 Å². The normalized spacial score (nSPS) is 10.5. The third kappa shape index (κ3) is 11.3. The van der Waals surface area contributed by atoms with E-state index in [0.717, 1.165) is 12.4 Å². The number of nitrogens with one attached hydrogen (secondary N) is 4. The maximum atomic E-state index is 9.75. The van der Waals surface area contributed by atoms with Crippen molar-refractivity contribution in [3.8, 4) is 0 Å².